The molecular weight excluding hydrogens is 317 g/mol. The molecule has 1 heterocycles. The second-order valence-electron chi connectivity index (χ2n) is 2.66. The van der Waals surface area contributed by atoms with Gasteiger partial charge in [0.05, 0.1) is 25.2 Å². The van der Waals surface area contributed by atoms with Gasteiger partial charge in [0, 0.05) is 11.8 Å². The highest BCUT2D eigenvalue weighted by molar-refractivity contribution is 14.1. The Labute approximate surface area is 99.2 Å². The fraction of sp³-hybridized carbons (Fsp3) is 0.333. The van der Waals surface area contributed by atoms with Crippen LogP contribution in [0.4, 0.5) is 8.78 Å². The van der Waals surface area contributed by atoms with Gasteiger partial charge in [-0.15, -0.1) is 0 Å². The molecule has 0 bridgehead atoms. The van der Waals surface area contributed by atoms with Crippen LogP contribution in [-0.2, 0) is 6.42 Å². The SMILES string of the molecule is COc1c(CC#N)cnc(I)c1C(F)F. The lowest BCUT2D eigenvalue weighted by molar-refractivity contribution is 0.145. The molecule has 1 aromatic rings. The Balaban J connectivity index is 3.34. The second-order valence-corrected chi connectivity index (χ2v) is 3.68. The predicted molar refractivity (Wildman–Crippen MR) is 57.8 cm³/mol. The lowest BCUT2D eigenvalue weighted by atomic mass is 10.1. The maximum Gasteiger partial charge on any atom is 0.269 e. The van der Waals surface area contributed by atoms with E-state index in [1.807, 2.05) is 6.07 Å². The standard InChI is InChI=1S/C9H7F2IN2O/c1-15-7-5(2-3-13)4-14-9(12)6(7)8(10)11/h4,8H,2H2,1H3. The number of pyridine rings is 1. The van der Waals surface area contributed by atoms with Crippen LogP contribution in [0.1, 0.15) is 17.6 Å². The largest absolute Gasteiger partial charge is 0.496 e. The number of halogens is 3. The quantitative estimate of drug-likeness (QED) is 0.634. The molecule has 6 heteroatoms. The van der Waals surface area contributed by atoms with Crippen molar-refractivity contribution < 1.29 is 13.5 Å². The summed E-state index contributed by atoms with van der Waals surface area (Å²) >= 11 is 1.72. The zero-order valence-corrected chi connectivity index (χ0v) is 9.96. The summed E-state index contributed by atoms with van der Waals surface area (Å²) in [6, 6.07) is 1.88. The monoisotopic (exact) mass is 324 g/mol. The van der Waals surface area contributed by atoms with Crippen molar-refractivity contribution in [1.29, 1.82) is 5.26 Å². The highest BCUT2D eigenvalue weighted by Gasteiger charge is 2.21. The predicted octanol–water partition coefficient (Wildman–Crippen LogP) is 2.70. The molecule has 15 heavy (non-hydrogen) atoms. The molecule has 0 saturated carbocycles. The molecule has 0 amide bonds. The van der Waals surface area contributed by atoms with Crippen molar-refractivity contribution in [2.45, 2.75) is 12.8 Å². The normalized spacial score (nSPS) is 10.1. The zero-order chi connectivity index (χ0) is 11.4. The summed E-state index contributed by atoms with van der Waals surface area (Å²) in [5.74, 6) is 0.0611. The third kappa shape index (κ3) is 2.53. The summed E-state index contributed by atoms with van der Waals surface area (Å²) in [5.41, 5.74) is 0.140. The molecule has 1 aromatic heterocycles. The van der Waals surface area contributed by atoms with Gasteiger partial charge in [-0.1, -0.05) is 0 Å². The van der Waals surface area contributed by atoms with Crippen molar-refractivity contribution in [3.8, 4) is 11.8 Å². The van der Waals surface area contributed by atoms with E-state index in [4.69, 9.17) is 10.00 Å². The van der Waals surface area contributed by atoms with Crippen LogP contribution in [0.5, 0.6) is 5.75 Å². The maximum absolute atomic E-state index is 12.7. The van der Waals surface area contributed by atoms with Crippen LogP contribution < -0.4 is 4.74 Å². The van der Waals surface area contributed by atoms with Crippen LogP contribution in [0.3, 0.4) is 0 Å². The van der Waals surface area contributed by atoms with Crippen LogP contribution in [-0.4, -0.2) is 12.1 Å². The minimum Gasteiger partial charge on any atom is -0.496 e. The molecule has 0 saturated heterocycles. The molecule has 0 aliphatic heterocycles. The van der Waals surface area contributed by atoms with Crippen molar-refractivity contribution >= 4 is 22.6 Å². The number of nitrogens with zero attached hydrogens (tertiary/aromatic N) is 2. The van der Waals surface area contributed by atoms with Crippen molar-refractivity contribution in [2.75, 3.05) is 7.11 Å². The summed E-state index contributed by atoms with van der Waals surface area (Å²) in [4.78, 5) is 3.80. The summed E-state index contributed by atoms with van der Waals surface area (Å²) in [6.07, 6.45) is -1.26. The Bertz CT molecular complexity index is 404. The summed E-state index contributed by atoms with van der Waals surface area (Å²) in [5, 5.41) is 8.52. The Morgan fingerprint density at radius 1 is 1.67 bits per heavy atom. The minimum atomic E-state index is -2.65. The highest BCUT2D eigenvalue weighted by atomic mass is 127. The molecule has 0 aromatic carbocycles. The van der Waals surface area contributed by atoms with Gasteiger partial charge in [-0.05, 0) is 22.6 Å². The molecule has 0 fully saturated rings. The fourth-order valence-corrected chi connectivity index (χ4v) is 1.79. The van der Waals surface area contributed by atoms with E-state index in [9.17, 15) is 8.78 Å². The molecule has 0 radical (unpaired) electrons. The average molecular weight is 324 g/mol. The number of alkyl halides is 2. The molecule has 0 unspecified atom stereocenters. The van der Waals surface area contributed by atoms with Gasteiger partial charge in [-0.3, -0.25) is 0 Å². The zero-order valence-electron chi connectivity index (χ0n) is 7.80. The van der Waals surface area contributed by atoms with Gasteiger partial charge in [-0.25, -0.2) is 13.8 Å². The van der Waals surface area contributed by atoms with E-state index in [1.54, 1.807) is 22.6 Å². The fourth-order valence-electron chi connectivity index (χ4n) is 1.17. The van der Waals surface area contributed by atoms with E-state index < -0.39 is 6.43 Å². The van der Waals surface area contributed by atoms with E-state index in [0.717, 1.165) is 0 Å². The van der Waals surface area contributed by atoms with E-state index >= 15 is 0 Å². The summed E-state index contributed by atoms with van der Waals surface area (Å²) in [7, 11) is 1.30. The van der Waals surface area contributed by atoms with Crippen molar-refractivity contribution in [1.82, 2.24) is 4.98 Å². The van der Waals surface area contributed by atoms with E-state index in [2.05, 4.69) is 4.98 Å². The van der Waals surface area contributed by atoms with Crippen LogP contribution >= 0.6 is 22.6 Å². The molecule has 0 aliphatic rings. The number of hydrogen-bond donors (Lipinski definition) is 0. The van der Waals surface area contributed by atoms with E-state index in [0.29, 0.717) is 5.56 Å². The first-order valence-corrected chi connectivity index (χ1v) is 5.06. The van der Waals surface area contributed by atoms with Gasteiger partial charge in [0.1, 0.15) is 9.45 Å². The van der Waals surface area contributed by atoms with Gasteiger partial charge in [0.15, 0.2) is 0 Å². The smallest absolute Gasteiger partial charge is 0.269 e. The Morgan fingerprint density at radius 3 is 2.80 bits per heavy atom. The number of hydrogen-bond acceptors (Lipinski definition) is 3. The van der Waals surface area contributed by atoms with Gasteiger partial charge < -0.3 is 4.74 Å². The first kappa shape index (κ1) is 12.1. The Hall–Kier alpha value is -0.970. The molecule has 0 atom stereocenters. The van der Waals surface area contributed by atoms with Crippen molar-refractivity contribution in [3.05, 3.63) is 21.0 Å². The maximum atomic E-state index is 12.7. The molecule has 0 aliphatic carbocycles. The molecule has 80 valence electrons. The topological polar surface area (TPSA) is 45.9 Å². The first-order chi connectivity index (χ1) is 7.11. The number of methoxy groups -OCH3 is 1. The van der Waals surface area contributed by atoms with Crippen molar-refractivity contribution in [3.63, 3.8) is 0 Å². The van der Waals surface area contributed by atoms with Gasteiger partial charge >= 0.3 is 0 Å². The first-order valence-electron chi connectivity index (χ1n) is 3.98. The van der Waals surface area contributed by atoms with Gasteiger partial charge in [-0.2, -0.15) is 5.26 Å². The average Bonchev–Trinajstić information content (AvgIpc) is 2.19. The van der Waals surface area contributed by atoms with E-state index in [1.165, 1.54) is 13.3 Å². The molecule has 0 spiro atoms. The molecule has 3 nitrogen and oxygen atoms in total. The van der Waals surface area contributed by atoms with Gasteiger partial charge in [0.25, 0.3) is 6.43 Å². The highest BCUT2D eigenvalue weighted by Crippen LogP contribution is 2.34. The molecule has 0 N–H and O–H groups in total. The number of ether oxygens (including phenoxy) is 1. The second kappa shape index (κ2) is 5.21. The number of rotatable bonds is 3. The lowest BCUT2D eigenvalue weighted by Gasteiger charge is -2.12. The lowest BCUT2D eigenvalue weighted by Crippen LogP contribution is -2.02. The minimum absolute atomic E-state index is 0.00676. The van der Waals surface area contributed by atoms with Crippen LogP contribution in [0.2, 0.25) is 0 Å². The molecular formula is C9H7F2IN2O. The van der Waals surface area contributed by atoms with Crippen LogP contribution in [0.15, 0.2) is 6.20 Å². The Kier molecular flexibility index (Phi) is 4.20. The van der Waals surface area contributed by atoms with Gasteiger partial charge in [0.2, 0.25) is 0 Å². The number of aromatic nitrogens is 1. The third-order valence-corrected chi connectivity index (χ3v) is 2.64. The Morgan fingerprint density at radius 2 is 2.33 bits per heavy atom. The van der Waals surface area contributed by atoms with Crippen LogP contribution in [0, 0.1) is 15.0 Å². The summed E-state index contributed by atoms with van der Waals surface area (Å²) in [6.45, 7) is 0. The number of nitriles is 1. The van der Waals surface area contributed by atoms with Crippen molar-refractivity contribution in [2.24, 2.45) is 0 Å². The summed E-state index contributed by atoms with van der Waals surface area (Å²) < 4.78 is 30.5. The third-order valence-electron chi connectivity index (χ3n) is 1.78. The van der Waals surface area contributed by atoms with Crippen LogP contribution in [0.25, 0.3) is 0 Å². The molecule has 1 rings (SSSR count). The van der Waals surface area contributed by atoms with E-state index in [-0.39, 0.29) is 21.4 Å².